The van der Waals surface area contributed by atoms with Crippen LogP contribution in [0.5, 0.6) is 11.5 Å². The molecule has 6 nitrogen and oxygen atoms in total. The van der Waals surface area contributed by atoms with Gasteiger partial charge in [0.15, 0.2) is 6.61 Å². The Bertz CT molecular complexity index is 1090. The van der Waals surface area contributed by atoms with Gasteiger partial charge in [0.1, 0.15) is 11.5 Å². The summed E-state index contributed by atoms with van der Waals surface area (Å²) < 4.78 is 10.8. The average molecular weight is 387 g/mol. The van der Waals surface area contributed by atoms with Crippen molar-refractivity contribution in [2.75, 3.05) is 11.5 Å². The molecule has 29 heavy (non-hydrogen) atoms. The number of esters is 1. The first-order chi connectivity index (χ1) is 14.0. The summed E-state index contributed by atoms with van der Waals surface area (Å²) in [7, 11) is 0. The van der Waals surface area contributed by atoms with Gasteiger partial charge in [0.2, 0.25) is 0 Å². The van der Waals surface area contributed by atoms with Crippen LogP contribution in [0.25, 0.3) is 0 Å². The second-order valence-corrected chi connectivity index (χ2v) is 6.52. The maximum absolute atomic E-state index is 12.6. The number of benzene rings is 3. The number of carbonyl (C=O) groups excluding carboxylic acids is 3. The second kappa shape index (κ2) is 7.59. The van der Waals surface area contributed by atoms with E-state index in [1.165, 1.54) is 6.07 Å². The van der Waals surface area contributed by atoms with Crippen molar-refractivity contribution < 1.29 is 23.9 Å². The van der Waals surface area contributed by atoms with Crippen LogP contribution in [0.4, 0.5) is 5.69 Å². The largest absolute Gasteiger partial charge is 0.482 e. The van der Waals surface area contributed by atoms with Gasteiger partial charge in [-0.3, -0.25) is 9.59 Å². The molecule has 0 unspecified atom stereocenters. The molecule has 0 radical (unpaired) electrons. The Kier molecular flexibility index (Phi) is 4.83. The van der Waals surface area contributed by atoms with Gasteiger partial charge in [0.25, 0.3) is 11.8 Å². The molecule has 0 saturated carbocycles. The number of amides is 2. The Hall–Kier alpha value is -3.93. The molecule has 6 heteroatoms. The number of hydrogen-bond acceptors (Lipinski definition) is 5. The molecule has 0 aliphatic carbocycles. The Morgan fingerprint density at radius 2 is 1.52 bits per heavy atom. The van der Waals surface area contributed by atoms with Crippen LogP contribution in [0.15, 0.2) is 72.8 Å². The van der Waals surface area contributed by atoms with Crippen LogP contribution >= 0.6 is 0 Å². The Labute approximate surface area is 167 Å². The third-order valence-corrected chi connectivity index (χ3v) is 4.54. The highest BCUT2D eigenvalue weighted by Gasteiger charge is 2.36. The highest BCUT2D eigenvalue weighted by Crippen LogP contribution is 2.30. The van der Waals surface area contributed by atoms with E-state index in [2.05, 4.69) is 0 Å². The summed E-state index contributed by atoms with van der Waals surface area (Å²) in [5, 5.41) is 0. The van der Waals surface area contributed by atoms with E-state index in [9.17, 15) is 14.4 Å². The maximum Gasteiger partial charge on any atom is 0.349 e. The highest BCUT2D eigenvalue weighted by atomic mass is 16.6. The van der Waals surface area contributed by atoms with Gasteiger partial charge in [-0.2, -0.15) is 0 Å². The van der Waals surface area contributed by atoms with E-state index in [0.29, 0.717) is 22.6 Å². The van der Waals surface area contributed by atoms with Crippen molar-refractivity contribution >= 4 is 23.5 Å². The van der Waals surface area contributed by atoms with Crippen LogP contribution in [-0.4, -0.2) is 24.4 Å². The first-order valence-corrected chi connectivity index (χ1v) is 9.01. The maximum atomic E-state index is 12.6. The zero-order chi connectivity index (χ0) is 20.4. The van der Waals surface area contributed by atoms with Crippen molar-refractivity contribution in [1.29, 1.82) is 0 Å². The SMILES string of the molecule is Cc1ccccc1OCC(=O)Oc1cccc(N2C(=O)c3ccccc3C2=O)c1. The standard InChI is InChI=1S/C23H17NO5/c1-15-7-2-5-12-20(15)28-14-21(25)29-17-9-6-8-16(13-17)24-22(26)18-10-3-4-11-19(18)23(24)27/h2-13H,14H2,1H3. The lowest BCUT2D eigenvalue weighted by Gasteiger charge is -2.15. The Morgan fingerprint density at radius 3 is 2.21 bits per heavy atom. The fourth-order valence-corrected chi connectivity index (χ4v) is 3.13. The number of ether oxygens (including phenoxy) is 2. The quantitative estimate of drug-likeness (QED) is 0.378. The van der Waals surface area contributed by atoms with E-state index in [1.807, 2.05) is 25.1 Å². The van der Waals surface area contributed by atoms with Crippen molar-refractivity contribution in [2.45, 2.75) is 6.92 Å². The van der Waals surface area contributed by atoms with Crippen LogP contribution < -0.4 is 14.4 Å². The molecule has 0 N–H and O–H groups in total. The zero-order valence-corrected chi connectivity index (χ0v) is 15.6. The average Bonchev–Trinajstić information content (AvgIpc) is 2.98. The number of fused-ring (bicyclic) bond motifs is 1. The lowest BCUT2D eigenvalue weighted by Crippen LogP contribution is -2.29. The molecule has 144 valence electrons. The summed E-state index contributed by atoms with van der Waals surface area (Å²) in [5.74, 6) is -0.580. The molecule has 1 aliphatic heterocycles. The van der Waals surface area contributed by atoms with Crippen LogP contribution in [0.2, 0.25) is 0 Å². The first-order valence-electron chi connectivity index (χ1n) is 9.01. The smallest absolute Gasteiger partial charge is 0.349 e. The third kappa shape index (κ3) is 3.60. The van der Waals surface area contributed by atoms with Gasteiger partial charge >= 0.3 is 5.97 Å². The van der Waals surface area contributed by atoms with Gasteiger partial charge in [-0.1, -0.05) is 36.4 Å². The first kappa shape index (κ1) is 18.4. The normalized spacial score (nSPS) is 12.7. The topological polar surface area (TPSA) is 72.9 Å². The van der Waals surface area contributed by atoms with Crippen LogP contribution in [0, 0.1) is 6.92 Å². The summed E-state index contributed by atoms with van der Waals surface area (Å²) in [6.45, 7) is 1.62. The lowest BCUT2D eigenvalue weighted by atomic mass is 10.1. The minimum atomic E-state index is -0.590. The number of rotatable bonds is 5. The minimum Gasteiger partial charge on any atom is -0.482 e. The van der Waals surface area contributed by atoms with E-state index in [1.54, 1.807) is 48.5 Å². The molecule has 0 spiro atoms. The van der Waals surface area contributed by atoms with Gasteiger partial charge in [0, 0.05) is 6.07 Å². The van der Waals surface area contributed by atoms with Gasteiger partial charge in [-0.05, 0) is 42.8 Å². The van der Waals surface area contributed by atoms with Crippen molar-refractivity contribution in [3.8, 4) is 11.5 Å². The molecule has 4 rings (SSSR count). The van der Waals surface area contributed by atoms with Gasteiger partial charge in [-0.15, -0.1) is 0 Å². The molecule has 0 atom stereocenters. The summed E-state index contributed by atoms with van der Waals surface area (Å²) in [6.07, 6.45) is 0. The molecule has 0 aromatic heterocycles. The summed E-state index contributed by atoms with van der Waals surface area (Å²) in [4.78, 5) is 38.4. The fourth-order valence-electron chi connectivity index (χ4n) is 3.13. The number of nitrogens with zero attached hydrogens (tertiary/aromatic N) is 1. The third-order valence-electron chi connectivity index (χ3n) is 4.54. The molecule has 0 saturated heterocycles. The molecule has 2 amide bonds. The van der Waals surface area contributed by atoms with E-state index in [0.717, 1.165) is 10.5 Å². The molecule has 1 aliphatic rings. The molecule has 1 heterocycles. The van der Waals surface area contributed by atoms with Crippen molar-refractivity contribution in [3.05, 3.63) is 89.5 Å². The van der Waals surface area contributed by atoms with E-state index in [-0.39, 0.29) is 12.4 Å². The highest BCUT2D eigenvalue weighted by molar-refractivity contribution is 6.34. The van der Waals surface area contributed by atoms with Crippen LogP contribution in [0.1, 0.15) is 26.3 Å². The number of imide groups is 1. The number of aryl methyl sites for hydroxylation is 1. The fraction of sp³-hybridized carbons (Fsp3) is 0.0870. The van der Waals surface area contributed by atoms with E-state index < -0.39 is 17.8 Å². The van der Waals surface area contributed by atoms with Crippen LogP contribution in [-0.2, 0) is 4.79 Å². The number of carbonyl (C=O) groups is 3. The van der Waals surface area contributed by atoms with E-state index >= 15 is 0 Å². The van der Waals surface area contributed by atoms with Gasteiger partial charge in [-0.25, -0.2) is 9.69 Å². The number of anilines is 1. The summed E-state index contributed by atoms with van der Waals surface area (Å²) in [6, 6.07) is 20.3. The molecule has 0 bridgehead atoms. The number of para-hydroxylation sites is 1. The van der Waals surface area contributed by atoms with Crippen molar-refractivity contribution in [3.63, 3.8) is 0 Å². The monoisotopic (exact) mass is 387 g/mol. The number of hydrogen-bond donors (Lipinski definition) is 0. The molecular formula is C23H17NO5. The molecule has 3 aromatic carbocycles. The van der Waals surface area contributed by atoms with Crippen LogP contribution in [0.3, 0.4) is 0 Å². The van der Waals surface area contributed by atoms with E-state index in [4.69, 9.17) is 9.47 Å². The van der Waals surface area contributed by atoms with Crippen molar-refractivity contribution in [1.82, 2.24) is 0 Å². The zero-order valence-electron chi connectivity index (χ0n) is 15.6. The summed E-state index contributed by atoms with van der Waals surface area (Å²) >= 11 is 0. The van der Waals surface area contributed by atoms with Gasteiger partial charge in [0.05, 0.1) is 16.8 Å². The molecular weight excluding hydrogens is 370 g/mol. The molecule has 0 fully saturated rings. The lowest BCUT2D eigenvalue weighted by molar-refractivity contribution is -0.136. The second-order valence-electron chi connectivity index (χ2n) is 6.52. The Balaban J connectivity index is 1.47. The minimum absolute atomic E-state index is 0.220. The molecule has 3 aromatic rings. The summed E-state index contributed by atoms with van der Waals surface area (Å²) in [5.41, 5.74) is 1.95. The van der Waals surface area contributed by atoms with Gasteiger partial charge < -0.3 is 9.47 Å². The van der Waals surface area contributed by atoms with Crippen molar-refractivity contribution in [2.24, 2.45) is 0 Å². The predicted octanol–water partition coefficient (Wildman–Crippen LogP) is 3.78. The predicted molar refractivity (Wildman–Crippen MR) is 106 cm³/mol. The Morgan fingerprint density at radius 1 is 0.862 bits per heavy atom.